The Bertz CT molecular complexity index is 585. The van der Waals surface area contributed by atoms with Crippen LogP contribution in [0.5, 0.6) is 0 Å². The lowest BCUT2D eigenvalue weighted by Crippen LogP contribution is -2.32. The molecule has 21 heavy (non-hydrogen) atoms. The van der Waals surface area contributed by atoms with Crippen molar-refractivity contribution in [3.8, 4) is 11.4 Å². The highest BCUT2D eigenvalue weighted by Crippen LogP contribution is 2.15. The summed E-state index contributed by atoms with van der Waals surface area (Å²) >= 11 is 0. The highest BCUT2D eigenvalue weighted by molar-refractivity contribution is 5.76. The summed E-state index contributed by atoms with van der Waals surface area (Å²) in [5.41, 5.74) is 0.991. The molecule has 5 heteroatoms. The minimum Gasteiger partial charge on any atom is -0.356 e. The van der Waals surface area contributed by atoms with E-state index in [2.05, 4.69) is 36.2 Å². The Balaban J connectivity index is 1.85. The number of rotatable bonds is 5. The van der Waals surface area contributed by atoms with Crippen LogP contribution in [0.25, 0.3) is 11.4 Å². The van der Waals surface area contributed by atoms with E-state index in [0.717, 1.165) is 5.56 Å². The maximum atomic E-state index is 11.7. The molecule has 2 aromatic rings. The van der Waals surface area contributed by atoms with Crippen LogP contribution in [0.1, 0.15) is 33.1 Å². The fourth-order valence-electron chi connectivity index (χ4n) is 1.73. The van der Waals surface area contributed by atoms with E-state index in [9.17, 15) is 4.79 Å². The lowest BCUT2D eigenvalue weighted by atomic mass is 9.97. The molecule has 1 N–H and O–H groups in total. The van der Waals surface area contributed by atoms with Gasteiger partial charge >= 0.3 is 0 Å². The van der Waals surface area contributed by atoms with Crippen LogP contribution in [-0.4, -0.2) is 22.6 Å². The van der Waals surface area contributed by atoms with Gasteiger partial charge in [0.15, 0.2) is 0 Å². The number of carbonyl (C=O) groups is 1. The van der Waals surface area contributed by atoms with Crippen molar-refractivity contribution in [1.29, 1.82) is 0 Å². The summed E-state index contributed by atoms with van der Waals surface area (Å²) in [6.07, 6.45) is 0.808. The zero-order valence-corrected chi connectivity index (χ0v) is 12.7. The molecule has 0 atom stereocenters. The smallest absolute Gasteiger partial charge is 0.227 e. The Morgan fingerprint density at radius 3 is 2.62 bits per heavy atom. The number of hydrogen-bond donors (Lipinski definition) is 1. The van der Waals surface area contributed by atoms with Gasteiger partial charge in [0.05, 0.1) is 0 Å². The van der Waals surface area contributed by atoms with Gasteiger partial charge in [0.2, 0.25) is 17.6 Å². The molecule has 0 saturated carbocycles. The summed E-state index contributed by atoms with van der Waals surface area (Å²) in [6.45, 7) is 6.90. The Hall–Kier alpha value is -2.17. The number of nitrogens with one attached hydrogen (secondary N) is 1. The van der Waals surface area contributed by atoms with Crippen molar-refractivity contribution in [1.82, 2.24) is 15.5 Å². The molecule has 0 unspecified atom stereocenters. The third-order valence-electron chi connectivity index (χ3n) is 2.88. The van der Waals surface area contributed by atoms with E-state index < -0.39 is 0 Å². The van der Waals surface area contributed by atoms with Crippen LogP contribution in [-0.2, 0) is 11.2 Å². The topological polar surface area (TPSA) is 68.0 Å². The van der Waals surface area contributed by atoms with E-state index in [4.69, 9.17) is 4.52 Å². The highest BCUT2D eigenvalue weighted by atomic mass is 16.5. The van der Waals surface area contributed by atoms with Gasteiger partial charge in [0, 0.05) is 24.9 Å². The van der Waals surface area contributed by atoms with Crippen LogP contribution in [0.4, 0.5) is 0 Å². The van der Waals surface area contributed by atoms with Gasteiger partial charge in [-0.25, -0.2) is 0 Å². The zero-order valence-electron chi connectivity index (χ0n) is 12.7. The van der Waals surface area contributed by atoms with Gasteiger partial charge in [-0.1, -0.05) is 56.3 Å². The lowest BCUT2D eigenvalue weighted by molar-refractivity contribution is -0.121. The maximum absolute atomic E-state index is 11.7. The van der Waals surface area contributed by atoms with E-state index >= 15 is 0 Å². The molecule has 1 amide bonds. The van der Waals surface area contributed by atoms with Crippen molar-refractivity contribution in [3.63, 3.8) is 0 Å². The van der Waals surface area contributed by atoms with Crippen molar-refractivity contribution >= 4 is 5.91 Å². The lowest BCUT2D eigenvalue weighted by Gasteiger charge is -2.18. The van der Waals surface area contributed by atoms with Crippen molar-refractivity contribution in [2.24, 2.45) is 5.41 Å². The summed E-state index contributed by atoms with van der Waals surface area (Å²) in [4.78, 5) is 16.0. The summed E-state index contributed by atoms with van der Waals surface area (Å²) in [6, 6.07) is 9.62. The first-order valence-electron chi connectivity index (χ1n) is 7.09. The third kappa shape index (κ3) is 5.02. The first-order chi connectivity index (χ1) is 9.94. The zero-order chi connectivity index (χ0) is 15.3. The van der Waals surface area contributed by atoms with Crippen LogP contribution in [0.2, 0.25) is 0 Å². The van der Waals surface area contributed by atoms with Gasteiger partial charge in [0.25, 0.3) is 0 Å². The number of nitrogens with zero attached hydrogens (tertiary/aromatic N) is 2. The second-order valence-corrected chi connectivity index (χ2v) is 6.22. The van der Waals surface area contributed by atoms with E-state index in [1.165, 1.54) is 0 Å². The summed E-state index contributed by atoms with van der Waals surface area (Å²) in [5, 5.41) is 6.83. The molecule has 0 bridgehead atoms. The second-order valence-electron chi connectivity index (χ2n) is 6.22. The van der Waals surface area contributed by atoms with E-state index in [1.807, 2.05) is 30.3 Å². The molecular weight excluding hydrogens is 266 g/mol. The van der Waals surface area contributed by atoms with Crippen molar-refractivity contribution in [2.45, 2.75) is 33.6 Å². The quantitative estimate of drug-likeness (QED) is 0.918. The Labute approximate surface area is 124 Å². The summed E-state index contributed by atoms with van der Waals surface area (Å²) in [7, 11) is 0. The third-order valence-corrected chi connectivity index (χ3v) is 2.88. The molecule has 0 aliphatic rings. The maximum Gasteiger partial charge on any atom is 0.227 e. The molecular formula is C16H21N3O2. The van der Waals surface area contributed by atoms with Crippen molar-refractivity contribution < 1.29 is 9.32 Å². The monoisotopic (exact) mass is 287 g/mol. The molecule has 112 valence electrons. The Kier molecular flexibility index (Phi) is 4.73. The van der Waals surface area contributed by atoms with Gasteiger partial charge < -0.3 is 9.84 Å². The molecule has 1 heterocycles. The standard InChI is InChI=1S/C16H21N3O2/c1-16(2,3)11-17-13(20)9-10-14-18-15(19-21-14)12-7-5-4-6-8-12/h4-8H,9-11H2,1-3H3,(H,17,20). The fraction of sp³-hybridized carbons (Fsp3) is 0.438. The minimum absolute atomic E-state index is 0.00406. The van der Waals surface area contributed by atoms with Crippen molar-refractivity contribution in [2.75, 3.05) is 6.54 Å². The van der Waals surface area contributed by atoms with Gasteiger partial charge in [-0.05, 0) is 5.41 Å². The van der Waals surface area contributed by atoms with Crippen LogP contribution in [0, 0.1) is 5.41 Å². The average Bonchev–Trinajstić information content (AvgIpc) is 2.92. The summed E-state index contributed by atoms with van der Waals surface area (Å²) in [5.74, 6) is 1.05. The first kappa shape index (κ1) is 15.2. The van der Waals surface area contributed by atoms with E-state index in [-0.39, 0.29) is 11.3 Å². The number of carbonyl (C=O) groups excluding carboxylic acids is 1. The molecule has 5 nitrogen and oxygen atoms in total. The van der Waals surface area contributed by atoms with Gasteiger partial charge in [0.1, 0.15) is 0 Å². The number of amides is 1. The first-order valence-corrected chi connectivity index (χ1v) is 7.09. The van der Waals surface area contributed by atoms with Crippen LogP contribution in [0.3, 0.4) is 0 Å². The summed E-state index contributed by atoms with van der Waals surface area (Å²) < 4.78 is 5.17. The molecule has 0 aliphatic heterocycles. The largest absolute Gasteiger partial charge is 0.356 e. The fourth-order valence-corrected chi connectivity index (χ4v) is 1.73. The Morgan fingerprint density at radius 1 is 1.24 bits per heavy atom. The molecule has 0 aliphatic carbocycles. The van der Waals surface area contributed by atoms with Gasteiger partial charge in [-0.2, -0.15) is 4.98 Å². The van der Waals surface area contributed by atoms with E-state index in [1.54, 1.807) is 0 Å². The second kappa shape index (κ2) is 6.52. The molecule has 0 radical (unpaired) electrons. The van der Waals surface area contributed by atoms with Gasteiger partial charge in [-0.3, -0.25) is 4.79 Å². The van der Waals surface area contributed by atoms with Crippen molar-refractivity contribution in [3.05, 3.63) is 36.2 Å². The molecule has 2 rings (SSSR count). The molecule has 1 aromatic carbocycles. The van der Waals surface area contributed by atoms with Gasteiger partial charge in [-0.15, -0.1) is 0 Å². The number of hydrogen-bond acceptors (Lipinski definition) is 4. The molecule has 0 saturated heterocycles. The number of aromatic nitrogens is 2. The molecule has 0 spiro atoms. The van der Waals surface area contributed by atoms with E-state index in [0.29, 0.717) is 31.1 Å². The SMILES string of the molecule is CC(C)(C)CNC(=O)CCc1nc(-c2ccccc2)no1. The average molecular weight is 287 g/mol. The van der Waals surface area contributed by atoms with Crippen LogP contribution < -0.4 is 5.32 Å². The molecule has 1 aromatic heterocycles. The highest BCUT2D eigenvalue weighted by Gasteiger charge is 2.13. The molecule has 0 fully saturated rings. The Morgan fingerprint density at radius 2 is 1.95 bits per heavy atom. The van der Waals surface area contributed by atoms with Crippen LogP contribution in [0.15, 0.2) is 34.9 Å². The predicted octanol–water partition coefficient (Wildman–Crippen LogP) is 2.83. The predicted molar refractivity (Wildman–Crippen MR) is 80.5 cm³/mol. The minimum atomic E-state index is 0.00406. The normalized spacial score (nSPS) is 11.4. The number of aryl methyl sites for hydroxylation is 1. The van der Waals surface area contributed by atoms with Crippen LogP contribution >= 0.6 is 0 Å². The number of benzene rings is 1.